The lowest BCUT2D eigenvalue weighted by Gasteiger charge is -2.11. The topological polar surface area (TPSA) is 41.1 Å². The summed E-state index contributed by atoms with van der Waals surface area (Å²) in [4.78, 5) is 11.4. The molecule has 1 unspecified atom stereocenters. The molecule has 1 fully saturated rings. The smallest absolute Gasteiger partial charge is 0.233 e. The van der Waals surface area contributed by atoms with E-state index in [2.05, 4.69) is 24.5 Å². The van der Waals surface area contributed by atoms with Crippen LogP contribution in [0.1, 0.15) is 46.0 Å². The van der Waals surface area contributed by atoms with Gasteiger partial charge in [-0.3, -0.25) is 4.79 Å². The fraction of sp³-hybridized carbons (Fsp3) is 0.917. The summed E-state index contributed by atoms with van der Waals surface area (Å²) in [5, 5.41) is 6.13. The van der Waals surface area contributed by atoms with Crippen LogP contribution in [0.25, 0.3) is 0 Å². The molecule has 3 nitrogen and oxygen atoms in total. The predicted molar refractivity (Wildman–Crippen MR) is 62.7 cm³/mol. The van der Waals surface area contributed by atoms with Crippen LogP contribution in [-0.2, 0) is 4.79 Å². The Morgan fingerprint density at radius 2 is 2.20 bits per heavy atom. The zero-order valence-electron chi connectivity index (χ0n) is 10.0. The first-order valence-electron chi connectivity index (χ1n) is 6.22. The van der Waals surface area contributed by atoms with E-state index in [-0.39, 0.29) is 5.91 Å². The summed E-state index contributed by atoms with van der Waals surface area (Å²) in [7, 11) is 0. The monoisotopic (exact) mass is 212 g/mol. The number of carbonyl (C=O) groups is 1. The molecule has 0 saturated heterocycles. The molecule has 1 aliphatic carbocycles. The second-order valence-electron chi connectivity index (χ2n) is 4.63. The highest BCUT2D eigenvalue weighted by molar-refractivity contribution is 5.77. The maximum Gasteiger partial charge on any atom is 0.233 e. The lowest BCUT2D eigenvalue weighted by molar-refractivity contribution is -0.120. The van der Waals surface area contributed by atoms with Crippen molar-refractivity contribution in [2.75, 3.05) is 13.1 Å². The van der Waals surface area contributed by atoms with Crippen LogP contribution in [0.2, 0.25) is 0 Å². The molecule has 0 aromatic heterocycles. The average Bonchev–Trinajstić information content (AvgIpc) is 3.04. The lowest BCUT2D eigenvalue weighted by Crippen LogP contribution is -2.38. The van der Waals surface area contributed by atoms with E-state index in [0.29, 0.717) is 12.6 Å². The van der Waals surface area contributed by atoms with Gasteiger partial charge in [0.2, 0.25) is 5.91 Å². The van der Waals surface area contributed by atoms with E-state index >= 15 is 0 Å². The SMILES string of the molecule is CCC(C)NCC(=O)NCCCC1CC1. The molecular weight excluding hydrogens is 188 g/mol. The highest BCUT2D eigenvalue weighted by Gasteiger charge is 2.19. The van der Waals surface area contributed by atoms with E-state index in [1.165, 1.54) is 19.3 Å². The molecular formula is C12H24N2O. The molecule has 15 heavy (non-hydrogen) atoms. The molecule has 0 radical (unpaired) electrons. The molecule has 1 amide bonds. The Labute approximate surface area is 93.0 Å². The van der Waals surface area contributed by atoms with Crippen LogP contribution in [0, 0.1) is 5.92 Å². The van der Waals surface area contributed by atoms with Crippen molar-refractivity contribution in [1.29, 1.82) is 0 Å². The zero-order valence-corrected chi connectivity index (χ0v) is 10.0. The number of nitrogens with one attached hydrogen (secondary N) is 2. The molecule has 1 rings (SSSR count). The van der Waals surface area contributed by atoms with Crippen molar-refractivity contribution in [3.63, 3.8) is 0 Å². The third-order valence-corrected chi connectivity index (χ3v) is 3.03. The van der Waals surface area contributed by atoms with Gasteiger partial charge < -0.3 is 10.6 Å². The van der Waals surface area contributed by atoms with E-state index in [1.54, 1.807) is 0 Å². The Hall–Kier alpha value is -0.570. The largest absolute Gasteiger partial charge is 0.355 e. The maximum absolute atomic E-state index is 11.4. The van der Waals surface area contributed by atoms with Crippen molar-refractivity contribution in [2.24, 2.45) is 5.92 Å². The van der Waals surface area contributed by atoms with Gasteiger partial charge >= 0.3 is 0 Å². The minimum absolute atomic E-state index is 0.131. The number of hydrogen-bond acceptors (Lipinski definition) is 2. The number of rotatable bonds is 8. The molecule has 2 N–H and O–H groups in total. The molecule has 1 aliphatic rings. The molecule has 0 heterocycles. The van der Waals surface area contributed by atoms with Crippen LogP contribution in [0.3, 0.4) is 0 Å². The van der Waals surface area contributed by atoms with Crippen molar-refractivity contribution in [1.82, 2.24) is 10.6 Å². The molecule has 0 aromatic rings. The van der Waals surface area contributed by atoms with Gasteiger partial charge in [-0.1, -0.05) is 19.8 Å². The summed E-state index contributed by atoms with van der Waals surface area (Å²) in [5.41, 5.74) is 0. The molecule has 0 spiro atoms. The van der Waals surface area contributed by atoms with Gasteiger partial charge in [0, 0.05) is 12.6 Å². The van der Waals surface area contributed by atoms with Gasteiger partial charge in [-0.2, -0.15) is 0 Å². The van der Waals surface area contributed by atoms with Crippen molar-refractivity contribution in [3.05, 3.63) is 0 Å². The number of carbonyl (C=O) groups excluding carboxylic acids is 1. The first kappa shape index (κ1) is 12.5. The van der Waals surface area contributed by atoms with Crippen LogP contribution < -0.4 is 10.6 Å². The second kappa shape index (κ2) is 6.83. The van der Waals surface area contributed by atoms with Gasteiger partial charge in [0.05, 0.1) is 6.54 Å². The van der Waals surface area contributed by atoms with Gasteiger partial charge in [-0.15, -0.1) is 0 Å². The summed E-state index contributed by atoms with van der Waals surface area (Å²) in [6, 6.07) is 0.433. The first-order valence-corrected chi connectivity index (χ1v) is 6.22. The molecule has 3 heteroatoms. The van der Waals surface area contributed by atoms with E-state index < -0.39 is 0 Å². The van der Waals surface area contributed by atoms with E-state index in [4.69, 9.17) is 0 Å². The summed E-state index contributed by atoms with van der Waals surface area (Å²) in [6.07, 6.45) is 6.31. The van der Waals surface area contributed by atoms with Crippen molar-refractivity contribution in [3.8, 4) is 0 Å². The zero-order chi connectivity index (χ0) is 11.1. The lowest BCUT2D eigenvalue weighted by atomic mass is 10.2. The van der Waals surface area contributed by atoms with Crippen LogP contribution in [0.4, 0.5) is 0 Å². The number of hydrogen-bond donors (Lipinski definition) is 2. The summed E-state index contributed by atoms with van der Waals surface area (Å²) in [6.45, 7) is 5.52. The molecule has 88 valence electrons. The van der Waals surface area contributed by atoms with Crippen LogP contribution in [-0.4, -0.2) is 25.0 Å². The minimum atomic E-state index is 0.131. The van der Waals surface area contributed by atoms with E-state index in [9.17, 15) is 4.79 Å². The van der Waals surface area contributed by atoms with Crippen molar-refractivity contribution in [2.45, 2.75) is 52.0 Å². The van der Waals surface area contributed by atoms with Crippen LogP contribution in [0.5, 0.6) is 0 Å². The highest BCUT2D eigenvalue weighted by Crippen LogP contribution is 2.33. The first-order chi connectivity index (χ1) is 7.22. The van der Waals surface area contributed by atoms with Gasteiger partial charge in [0.1, 0.15) is 0 Å². The van der Waals surface area contributed by atoms with E-state index in [0.717, 1.165) is 25.3 Å². The fourth-order valence-corrected chi connectivity index (χ4v) is 1.50. The predicted octanol–water partition coefficient (Wildman–Crippen LogP) is 1.68. The highest BCUT2D eigenvalue weighted by atomic mass is 16.1. The number of amides is 1. The third-order valence-electron chi connectivity index (χ3n) is 3.03. The Bertz CT molecular complexity index is 190. The molecule has 0 aliphatic heterocycles. The van der Waals surface area contributed by atoms with Gasteiger partial charge in [-0.25, -0.2) is 0 Å². The third kappa shape index (κ3) is 6.50. The Morgan fingerprint density at radius 1 is 1.47 bits per heavy atom. The van der Waals surface area contributed by atoms with Gasteiger partial charge in [0.15, 0.2) is 0 Å². The van der Waals surface area contributed by atoms with Gasteiger partial charge in [0.25, 0.3) is 0 Å². The van der Waals surface area contributed by atoms with Crippen LogP contribution >= 0.6 is 0 Å². The normalized spacial score (nSPS) is 17.5. The molecule has 0 bridgehead atoms. The van der Waals surface area contributed by atoms with Crippen molar-refractivity contribution < 1.29 is 4.79 Å². The summed E-state index contributed by atoms with van der Waals surface area (Å²) < 4.78 is 0. The van der Waals surface area contributed by atoms with Crippen LogP contribution in [0.15, 0.2) is 0 Å². The average molecular weight is 212 g/mol. The quantitative estimate of drug-likeness (QED) is 0.601. The minimum Gasteiger partial charge on any atom is -0.355 e. The Balaban J connectivity index is 1.88. The second-order valence-corrected chi connectivity index (χ2v) is 4.63. The summed E-state index contributed by atoms with van der Waals surface area (Å²) in [5.74, 6) is 1.10. The molecule has 1 atom stereocenters. The fourth-order valence-electron chi connectivity index (χ4n) is 1.50. The Morgan fingerprint density at radius 3 is 2.80 bits per heavy atom. The summed E-state index contributed by atoms with van der Waals surface area (Å²) >= 11 is 0. The maximum atomic E-state index is 11.4. The molecule has 1 saturated carbocycles. The molecule has 0 aromatic carbocycles. The standard InChI is InChI=1S/C12H24N2O/c1-3-10(2)14-9-12(15)13-8-4-5-11-6-7-11/h10-11,14H,3-9H2,1-2H3,(H,13,15). The van der Waals surface area contributed by atoms with E-state index in [1.807, 2.05) is 0 Å². The van der Waals surface area contributed by atoms with Gasteiger partial charge in [-0.05, 0) is 32.1 Å². The van der Waals surface area contributed by atoms with Crippen molar-refractivity contribution >= 4 is 5.91 Å². The Kier molecular flexibility index (Phi) is 5.69.